The predicted octanol–water partition coefficient (Wildman–Crippen LogP) is 1.49. The van der Waals surface area contributed by atoms with Gasteiger partial charge in [-0.15, -0.1) is 0 Å². The fourth-order valence-corrected chi connectivity index (χ4v) is 3.65. The summed E-state index contributed by atoms with van der Waals surface area (Å²) in [6.45, 7) is 8.40. The Bertz CT molecular complexity index is 610. The standard InChI is InChI=1S/C16H27N3O3S/c1-5-19(6-2)23(21,22)15-9-7-14(8-10-15)13(4)18-16(20)12(3)11-17/h7-10,12-13H,5-6,11,17H2,1-4H3,(H,18,20). The highest BCUT2D eigenvalue weighted by Crippen LogP contribution is 2.19. The molecule has 0 aliphatic carbocycles. The number of hydrogen-bond donors (Lipinski definition) is 2. The van der Waals surface area contributed by atoms with Crippen molar-refractivity contribution in [2.24, 2.45) is 11.7 Å². The van der Waals surface area contributed by atoms with Gasteiger partial charge in [-0.1, -0.05) is 32.9 Å². The summed E-state index contributed by atoms with van der Waals surface area (Å²) < 4.78 is 26.3. The number of benzene rings is 1. The molecule has 0 aliphatic rings. The van der Waals surface area contributed by atoms with E-state index >= 15 is 0 Å². The quantitative estimate of drug-likeness (QED) is 0.749. The van der Waals surface area contributed by atoms with Gasteiger partial charge in [0.05, 0.1) is 10.9 Å². The molecular formula is C16H27N3O3S. The van der Waals surface area contributed by atoms with Crippen LogP contribution in [0.5, 0.6) is 0 Å². The summed E-state index contributed by atoms with van der Waals surface area (Å²) >= 11 is 0. The molecule has 0 fully saturated rings. The molecule has 1 rings (SSSR count). The molecule has 130 valence electrons. The Morgan fingerprint density at radius 2 is 1.70 bits per heavy atom. The van der Waals surface area contributed by atoms with E-state index in [-0.39, 0.29) is 22.8 Å². The van der Waals surface area contributed by atoms with Gasteiger partial charge in [-0.2, -0.15) is 4.31 Å². The number of sulfonamides is 1. The van der Waals surface area contributed by atoms with Crippen LogP contribution in [0.25, 0.3) is 0 Å². The molecule has 0 radical (unpaired) electrons. The zero-order chi connectivity index (χ0) is 17.6. The van der Waals surface area contributed by atoms with Crippen molar-refractivity contribution in [1.82, 2.24) is 9.62 Å². The van der Waals surface area contributed by atoms with Crippen molar-refractivity contribution >= 4 is 15.9 Å². The minimum absolute atomic E-state index is 0.111. The summed E-state index contributed by atoms with van der Waals surface area (Å²) in [5, 5.41) is 2.87. The molecule has 1 amide bonds. The molecule has 0 saturated carbocycles. The Balaban J connectivity index is 2.90. The topological polar surface area (TPSA) is 92.5 Å². The van der Waals surface area contributed by atoms with Gasteiger partial charge in [0.15, 0.2) is 0 Å². The van der Waals surface area contributed by atoms with Crippen LogP contribution >= 0.6 is 0 Å². The van der Waals surface area contributed by atoms with Crippen LogP contribution in [0, 0.1) is 5.92 Å². The molecule has 23 heavy (non-hydrogen) atoms. The van der Waals surface area contributed by atoms with Gasteiger partial charge in [-0.25, -0.2) is 8.42 Å². The Morgan fingerprint density at radius 1 is 1.17 bits per heavy atom. The van der Waals surface area contributed by atoms with Crippen molar-refractivity contribution in [1.29, 1.82) is 0 Å². The highest BCUT2D eigenvalue weighted by Gasteiger charge is 2.22. The van der Waals surface area contributed by atoms with Gasteiger partial charge in [-0.05, 0) is 24.6 Å². The van der Waals surface area contributed by atoms with E-state index in [0.717, 1.165) is 5.56 Å². The molecule has 0 aliphatic heterocycles. The molecule has 7 heteroatoms. The van der Waals surface area contributed by atoms with E-state index in [1.54, 1.807) is 31.2 Å². The lowest BCUT2D eigenvalue weighted by Crippen LogP contribution is -2.35. The van der Waals surface area contributed by atoms with Gasteiger partial charge in [0.1, 0.15) is 0 Å². The molecule has 2 atom stereocenters. The highest BCUT2D eigenvalue weighted by atomic mass is 32.2. The van der Waals surface area contributed by atoms with Gasteiger partial charge in [0.25, 0.3) is 0 Å². The monoisotopic (exact) mass is 341 g/mol. The second-order valence-corrected chi connectivity index (χ2v) is 7.46. The van der Waals surface area contributed by atoms with Crippen LogP contribution < -0.4 is 11.1 Å². The van der Waals surface area contributed by atoms with Crippen LogP contribution in [0.3, 0.4) is 0 Å². The van der Waals surface area contributed by atoms with Gasteiger partial charge < -0.3 is 11.1 Å². The normalized spacial score (nSPS) is 14.5. The summed E-state index contributed by atoms with van der Waals surface area (Å²) in [6, 6.07) is 6.42. The summed E-state index contributed by atoms with van der Waals surface area (Å²) in [6.07, 6.45) is 0. The predicted molar refractivity (Wildman–Crippen MR) is 91.3 cm³/mol. The first-order valence-electron chi connectivity index (χ1n) is 7.88. The Labute approximate surface area is 139 Å². The van der Waals surface area contributed by atoms with Crippen LogP contribution in [0.4, 0.5) is 0 Å². The number of hydrogen-bond acceptors (Lipinski definition) is 4. The van der Waals surface area contributed by atoms with Gasteiger partial charge in [-0.3, -0.25) is 4.79 Å². The maximum Gasteiger partial charge on any atom is 0.243 e. The summed E-state index contributed by atoms with van der Waals surface area (Å²) in [5.41, 5.74) is 6.33. The zero-order valence-electron chi connectivity index (χ0n) is 14.2. The number of rotatable bonds is 8. The Morgan fingerprint density at radius 3 is 2.13 bits per heavy atom. The molecule has 0 heterocycles. The van der Waals surface area contributed by atoms with Crippen molar-refractivity contribution in [3.05, 3.63) is 29.8 Å². The largest absolute Gasteiger partial charge is 0.349 e. The summed E-state index contributed by atoms with van der Waals surface area (Å²) in [5.74, 6) is -0.361. The molecule has 2 unspecified atom stereocenters. The third-order valence-corrected chi connectivity index (χ3v) is 5.95. The van der Waals surface area contributed by atoms with E-state index in [0.29, 0.717) is 19.6 Å². The van der Waals surface area contributed by atoms with Crippen LogP contribution in [0.1, 0.15) is 39.3 Å². The maximum atomic E-state index is 12.4. The molecule has 3 N–H and O–H groups in total. The van der Waals surface area contributed by atoms with Crippen LogP contribution in [0.2, 0.25) is 0 Å². The van der Waals surface area contributed by atoms with Crippen molar-refractivity contribution in [2.75, 3.05) is 19.6 Å². The minimum Gasteiger partial charge on any atom is -0.349 e. The van der Waals surface area contributed by atoms with Gasteiger partial charge in [0.2, 0.25) is 15.9 Å². The van der Waals surface area contributed by atoms with Crippen molar-refractivity contribution in [3.8, 4) is 0 Å². The average molecular weight is 341 g/mol. The number of carbonyl (C=O) groups is 1. The first-order chi connectivity index (χ1) is 10.8. The van der Waals surface area contributed by atoms with Crippen molar-refractivity contribution in [3.63, 3.8) is 0 Å². The Hall–Kier alpha value is -1.44. The van der Waals surface area contributed by atoms with Crippen LogP contribution in [-0.4, -0.2) is 38.3 Å². The van der Waals surface area contributed by atoms with E-state index < -0.39 is 10.0 Å². The minimum atomic E-state index is -3.45. The third kappa shape index (κ3) is 4.76. The maximum absolute atomic E-state index is 12.4. The number of carbonyl (C=O) groups excluding carboxylic acids is 1. The van der Waals surface area contributed by atoms with E-state index in [2.05, 4.69) is 5.32 Å². The summed E-state index contributed by atoms with van der Waals surface area (Å²) in [7, 11) is -3.45. The van der Waals surface area contributed by atoms with E-state index in [1.807, 2.05) is 20.8 Å². The smallest absolute Gasteiger partial charge is 0.243 e. The Kier molecular flexibility index (Phi) is 7.18. The highest BCUT2D eigenvalue weighted by molar-refractivity contribution is 7.89. The fourth-order valence-electron chi connectivity index (χ4n) is 2.19. The lowest BCUT2D eigenvalue weighted by Gasteiger charge is -2.20. The summed E-state index contributed by atoms with van der Waals surface area (Å²) in [4.78, 5) is 12.1. The lowest BCUT2D eigenvalue weighted by atomic mass is 10.1. The molecule has 0 bridgehead atoms. The third-order valence-electron chi connectivity index (χ3n) is 3.88. The molecule has 0 saturated heterocycles. The fraction of sp³-hybridized carbons (Fsp3) is 0.562. The number of amides is 1. The SMILES string of the molecule is CCN(CC)S(=O)(=O)c1ccc(C(C)NC(=O)C(C)CN)cc1. The number of nitrogens with two attached hydrogens (primary N) is 1. The van der Waals surface area contributed by atoms with E-state index in [4.69, 9.17) is 5.73 Å². The van der Waals surface area contributed by atoms with Crippen molar-refractivity contribution in [2.45, 2.75) is 38.6 Å². The second kappa shape index (κ2) is 8.42. The zero-order valence-corrected chi connectivity index (χ0v) is 15.1. The van der Waals surface area contributed by atoms with Gasteiger partial charge in [0, 0.05) is 25.6 Å². The molecule has 1 aromatic rings. The van der Waals surface area contributed by atoms with Gasteiger partial charge >= 0.3 is 0 Å². The van der Waals surface area contributed by atoms with Crippen molar-refractivity contribution < 1.29 is 13.2 Å². The first-order valence-corrected chi connectivity index (χ1v) is 9.32. The number of nitrogens with zero attached hydrogens (tertiary/aromatic N) is 1. The molecule has 1 aromatic carbocycles. The van der Waals surface area contributed by atoms with E-state index in [9.17, 15) is 13.2 Å². The van der Waals surface area contributed by atoms with Crippen LogP contribution in [-0.2, 0) is 14.8 Å². The number of nitrogens with one attached hydrogen (secondary N) is 1. The lowest BCUT2D eigenvalue weighted by molar-refractivity contribution is -0.124. The second-order valence-electron chi connectivity index (χ2n) is 5.53. The average Bonchev–Trinajstić information content (AvgIpc) is 2.54. The van der Waals surface area contributed by atoms with E-state index in [1.165, 1.54) is 4.31 Å². The first kappa shape index (κ1) is 19.6. The molecule has 0 spiro atoms. The molecule has 0 aromatic heterocycles. The van der Waals surface area contributed by atoms with Crippen LogP contribution in [0.15, 0.2) is 29.2 Å². The molecule has 6 nitrogen and oxygen atoms in total. The molecular weight excluding hydrogens is 314 g/mol.